The Kier molecular flexibility index (Phi) is 3.96. The number of thiol groups is 1. The van der Waals surface area contributed by atoms with Crippen LogP contribution in [0.1, 0.15) is 5.56 Å². The lowest BCUT2D eigenvalue weighted by Crippen LogP contribution is -1.92. The van der Waals surface area contributed by atoms with Gasteiger partial charge >= 0.3 is 0 Å². The summed E-state index contributed by atoms with van der Waals surface area (Å²) in [6.45, 7) is 0. The summed E-state index contributed by atoms with van der Waals surface area (Å²) in [6, 6.07) is 5.86. The molecule has 0 N–H and O–H groups in total. The van der Waals surface area contributed by atoms with Gasteiger partial charge in [-0.3, -0.25) is 0 Å². The zero-order chi connectivity index (χ0) is 9.68. The van der Waals surface area contributed by atoms with Gasteiger partial charge in [0.05, 0.1) is 14.2 Å². The van der Waals surface area contributed by atoms with Gasteiger partial charge in [-0.2, -0.15) is 12.6 Å². The predicted octanol–water partition coefficient (Wildman–Crippen LogP) is 2.18. The molecule has 0 aromatic heterocycles. The molecule has 0 amide bonds. The lowest BCUT2D eigenvalue weighted by molar-refractivity contribution is 0.393. The maximum atomic E-state index is 5.14. The number of hydrogen-bond donors (Lipinski definition) is 1. The number of hydrogen-bond acceptors (Lipinski definition) is 3. The third-order valence-electron chi connectivity index (χ3n) is 1.81. The summed E-state index contributed by atoms with van der Waals surface area (Å²) in [7, 11) is 3.30. The van der Waals surface area contributed by atoms with Gasteiger partial charge in [-0.15, -0.1) is 0 Å². The fourth-order valence-corrected chi connectivity index (χ4v) is 1.40. The van der Waals surface area contributed by atoms with Crippen LogP contribution in [0.15, 0.2) is 18.2 Å². The van der Waals surface area contributed by atoms with E-state index in [1.807, 2.05) is 18.2 Å². The molecule has 0 fully saturated rings. The second kappa shape index (κ2) is 5.02. The van der Waals surface area contributed by atoms with Gasteiger partial charge in [0.15, 0.2) is 0 Å². The number of methoxy groups -OCH3 is 2. The van der Waals surface area contributed by atoms with E-state index in [0.29, 0.717) is 0 Å². The normalized spacial score (nSPS) is 9.77. The number of aryl methyl sites for hydroxylation is 1. The molecule has 0 saturated carbocycles. The maximum Gasteiger partial charge on any atom is 0.122 e. The molecule has 3 heteroatoms. The van der Waals surface area contributed by atoms with E-state index in [0.717, 1.165) is 23.7 Å². The summed E-state index contributed by atoms with van der Waals surface area (Å²) in [5.41, 5.74) is 1.19. The first kappa shape index (κ1) is 10.3. The molecule has 0 radical (unpaired) electrons. The molecule has 0 heterocycles. The van der Waals surface area contributed by atoms with Gasteiger partial charge in [0, 0.05) is 6.07 Å². The second-order valence-corrected chi connectivity index (χ2v) is 3.14. The van der Waals surface area contributed by atoms with E-state index in [1.165, 1.54) is 5.56 Å². The molecule has 0 unspecified atom stereocenters. The van der Waals surface area contributed by atoms with Crippen molar-refractivity contribution in [1.29, 1.82) is 0 Å². The van der Waals surface area contributed by atoms with Crippen molar-refractivity contribution in [2.45, 2.75) is 6.42 Å². The Labute approximate surface area is 84.3 Å². The Morgan fingerprint density at radius 1 is 1.08 bits per heavy atom. The van der Waals surface area contributed by atoms with Crippen LogP contribution in [0.4, 0.5) is 0 Å². The summed E-state index contributed by atoms with van der Waals surface area (Å²) in [6.07, 6.45) is 0.927. The first-order chi connectivity index (χ1) is 6.30. The molecule has 1 aromatic carbocycles. The first-order valence-corrected chi connectivity index (χ1v) is 4.76. The van der Waals surface area contributed by atoms with Crippen LogP contribution in [0.3, 0.4) is 0 Å². The van der Waals surface area contributed by atoms with Crippen LogP contribution >= 0.6 is 12.6 Å². The molecule has 0 spiro atoms. The van der Waals surface area contributed by atoms with E-state index in [1.54, 1.807) is 14.2 Å². The molecule has 1 rings (SSSR count). The summed E-state index contributed by atoms with van der Waals surface area (Å²) in [4.78, 5) is 0. The minimum Gasteiger partial charge on any atom is -0.497 e. The first-order valence-electron chi connectivity index (χ1n) is 4.13. The summed E-state index contributed by atoms with van der Waals surface area (Å²) in [5.74, 6) is 2.49. The molecule has 13 heavy (non-hydrogen) atoms. The Morgan fingerprint density at radius 3 is 2.00 bits per heavy atom. The zero-order valence-electron chi connectivity index (χ0n) is 7.91. The molecule has 0 aliphatic carbocycles. The van der Waals surface area contributed by atoms with Gasteiger partial charge in [-0.25, -0.2) is 0 Å². The van der Waals surface area contributed by atoms with Crippen LogP contribution in [0.2, 0.25) is 0 Å². The van der Waals surface area contributed by atoms with E-state index in [-0.39, 0.29) is 0 Å². The Morgan fingerprint density at radius 2 is 1.62 bits per heavy atom. The Bertz CT molecular complexity index is 251. The number of rotatable bonds is 4. The van der Waals surface area contributed by atoms with E-state index in [9.17, 15) is 0 Å². The monoisotopic (exact) mass is 198 g/mol. The van der Waals surface area contributed by atoms with Gasteiger partial charge in [0.2, 0.25) is 0 Å². The van der Waals surface area contributed by atoms with Crippen LogP contribution in [-0.4, -0.2) is 20.0 Å². The predicted molar refractivity (Wildman–Crippen MR) is 57.1 cm³/mol. The van der Waals surface area contributed by atoms with Crippen molar-refractivity contribution < 1.29 is 9.47 Å². The molecule has 0 aliphatic heterocycles. The molecule has 2 nitrogen and oxygen atoms in total. The SMILES string of the molecule is COc1cc(CCS)cc(OC)c1. The van der Waals surface area contributed by atoms with E-state index in [2.05, 4.69) is 12.6 Å². The van der Waals surface area contributed by atoms with Crippen molar-refractivity contribution >= 4 is 12.6 Å². The standard InChI is InChI=1S/C10H14O2S/c1-11-9-5-8(3-4-13)6-10(7-9)12-2/h5-7,13H,3-4H2,1-2H3. The average molecular weight is 198 g/mol. The lowest BCUT2D eigenvalue weighted by Gasteiger charge is -2.07. The highest BCUT2D eigenvalue weighted by molar-refractivity contribution is 7.80. The largest absolute Gasteiger partial charge is 0.497 e. The lowest BCUT2D eigenvalue weighted by atomic mass is 10.1. The van der Waals surface area contributed by atoms with Gasteiger partial charge in [-0.05, 0) is 29.9 Å². The highest BCUT2D eigenvalue weighted by Gasteiger charge is 2.00. The van der Waals surface area contributed by atoms with Gasteiger partial charge in [0.1, 0.15) is 11.5 Å². The molecular weight excluding hydrogens is 184 g/mol. The van der Waals surface area contributed by atoms with Crippen LogP contribution < -0.4 is 9.47 Å². The molecular formula is C10H14O2S. The quantitative estimate of drug-likeness (QED) is 0.747. The van der Waals surface area contributed by atoms with E-state index in [4.69, 9.17) is 9.47 Å². The van der Waals surface area contributed by atoms with Crippen LogP contribution in [-0.2, 0) is 6.42 Å². The van der Waals surface area contributed by atoms with Crippen LogP contribution in [0.25, 0.3) is 0 Å². The highest BCUT2D eigenvalue weighted by atomic mass is 32.1. The molecule has 0 saturated heterocycles. The smallest absolute Gasteiger partial charge is 0.122 e. The number of benzene rings is 1. The molecule has 1 aromatic rings. The molecule has 0 bridgehead atoms. The Hall–Kier alpha value is -0.830. The van der Waals surface area contributed by atoms with Crippen molar-refractivity contribution in [1.82, 2.24) is 0 Å². The third kappa shape index (κ3) is 2.84. The van der Waals surface area contributed by atoms with Crippen LogP contribution in [0.5, 0.6) is 11.5 Å². The van der Waals surface area contributed by atoms with Crippen molar-refractivity contribution in [3.8, 4) is 11.5 Å². The fraction of sp³-hybridized carbons (Fsp3) is 0.400. The van der Waals surface area contributed by atoms with E-state index >= 15 is 0 Å². The molecule has 72 valence electrons. The summed E-state index contributed by atoms with van der Waals surface area (Å²) < 4.78 is 10.3. The van der Waals surface area contributed by atoms with Crippen molar-refractivity contribution in [2.24, 2.45) is 0 Å². The topological polar surface area (TPSA) is 18.5 Å². The van der Waals surface area contributed by atoms with Crippen molar-refractivity contribution in [3.05, 3.63) is 23.8 Å². The van der Waals surface area contributed by atoms with Crippen LogP contribution in [0, 0.1) is 0 Å². The van der Waals surface area contributed by atoms with Gasteiger partial charge in [0.25, 0.3) is 0 Å². The van der Waals surface area contributed by atoms with Crippen molar-refractivity contribution in [2.75, 3.05) is 20.0 Å². The summed E-state index contributed by atoms with van der Waals surface area (Å²) in [5, 5.41) is 0. The minimum absolute atomic E-state index is 0.830. The summed E-state index contributed by atoms with van der Waals surface area (Å²) >= 11 is 4.18. The average Bonchev–Trinajstić information content (AvgIpc) is 2.17. The van der Waals surface area contributed by atoms with Gasteiger partial charge < -0.3 is 9.47 Å². The van der Waals surface area contributed by atoms with Crippen molar-refractivity contribution in [3.63, 3.8) is 0 Å². The highest BCUT2D eigenvalue weighted by Crippen LogP contribution is 2.22. The minimum atomic E-state index is 0.830. The van der Waals surface area contributed by atoms with E-state index < -0.39 is 0 Å². The number of ether oxygens (including phenoxy) is 2. The maximum absolute atomic E-state index is 5.14. The Balaban J connectivity index is 2.93. The molecule has 0 atom stereocenters. The van der Waals surface area contributed by atoms with Gasteiger partial charge in [-0.1, -0.05) is 0 Å². The third-order valence-corrected chi connectivity index (χ3v) is 2.04. The molecule has 0 aliphatic rings. The fourth-order valence-electron chi connectivity index (χ4n) is 1.14. The second-order valence-electron chi connectivity index (χ2n) is 2.69. The zero-order valence-corrected chi connectivity index (χ0v) is 8.80.